The van der Waals surface area contributed by atoms with Gasteiger partial charge in [-0.1, -0.05) is 12.1 Å². The number of carbonyl (C=O) groups is 1. The molecule has 1 saturated heterocycles. The van der Waals surface area contributed by atoms with Gasteiger partial charge in [0.05, 0.1) is 12.2 Å². The van der Waals surface area contributed by atoms with E-state index in [2.05, 4.69) is 5.32 Å². The molecule has 1 aliphatic rings. The van der Waals surface area contributed by atoms with E-state index in [1.807, 2.05) is 31.2 Å². The minimum atomic E-state index is -0.231. The highest BCUT2D eigenvalue weighted by molar-refractivity contribution is 5.89. The molecule has 0 radical (unpaired) electrons. The fourth-order valence-electron chi connectivity index (χ4n) is 2.41. The lowest BCUT2D eigenvalue weighted by atomic mass is 9.91. The van der Waals surface area contributed by atoms with Crippen molar-refractivity contribution >= 4 is 5.97 Å². The van der Waals surface area contributed by atoms with Gasteiger partial charge in [0, 0.05) is 0 Å². The molecule has 0 aromatic heterocycles. The Kier molecular flexibility index (Phi) is 4.76. The smallest absolute Gasteiger partial charge is 0.338 e. The van der Waals surface area contributed by atoms with Gasteiger partial charge in [0.2, 0.25) is 0 Å². The van der Waals surface area contributed by atoms with Crippen molar-refractivity contribution in [3.63, 3.8) is 0 Å². The molecular formula is C15H21NO2. The van der Waals surface area contributed by atoms with Crippen molar-refractivity contribution in [3.8, 4) is 0 Å². The van der Waals surface area contributed by atoms with E-state index in [1.165, 1.54) is 18.4 Å². The fraction of sp³-hybridized carbons (Fsp3) is 0.533. The summed E-state index contributed by atoms with van der Waals surface area (Å²) < 4.78 is 4.97. The zero-order valence-electron chi connectivity index (χ0n) is 10.9. The Balaban J connectivity index is 1.92. The number of hydrogen-bond donors (Lipinski definition) is 1. The number of hydrogen-bond acceptors (Lipinski definition) is 3. The SMILES string of the molecule is CCOC(=O)c1ccc(CC2CCNCC2)cc1. The summed E-state index contributed by atoms with van der Waals surface area (Å²) in [7, 11) is 0. The Morgan fingerprint density at radius 2 is 1.94 bits per heavy atom. The van der Waals surface area contributed by atoms with E-state index in [1.54, 1.807) is 0 Å². The molecular weight excluding hydrogens is 226 g/mol. The molecule has 0 atom stereocenters. The number of piperidine rings is 1. The maximum absolute atomic E-state index is 11.5. The highest BCUT2D eigenvalue weighted by Crippen LogP contribution is 2.18. The van der Waals surface area contributed by atoms with Crippen molar-refractivity contribution in [2.45, 2.75) is 26.2 Å². The molecule has 18 heavy (non-hydrogen) atoms. The summed E-state index contributed by atoms with van der Waals surface area (Å²) in [5, 5.41) is 3.38. The van der Waals surface area contributed by atoms with Crippen LogP contribution in [-0.2, 0) is 11.2 Å². The first-order chi connectivity index (χ1) is 8.79. The third kappa shape index (κ3) is 3.57. The summed E-state index contributed by atoms with van der Waals surface area (Å²) in [4.78, 5) is 11.5. The minimum Gasteiger partial charge on any atom is -0.462 e. The minimum absolute atomic E-state index is 0.231. The molecule has 1 N–H and O–H groups in total. The number of benzene rings is 1. The van der Waals surface area contributed by atoms with Crippen molar-refractivity contribution in [3.05, 3.63) is 35.4 Å². The third-order valence-electron chi connectivity index (χ3n) is 3.45. The van der Waals surface area contributed by atoms with Crippen LogP contribution in [0.25, 0.3) is 0 Å². The predicted octanol–water partition coefficient (Wildman–Crippen LogP) is 2.41. The Labute approximate surface area is 109 Å². The molecule has 1 heterocycles. The van der Waals surface area contributed by atoms with Crippen molar-refractivity contribution in [2.24, 2.45) is 5.92 Å². The van der Waals surface area contributed by atoms with Gasteiger partial charge in [-0.3, -0.25) is 0 Å². The van der Waals surface area contributed by atoms with E-state index in [9.17, 15) is 4.79 Å². The van der Waals surface area contributed by atoms with E-state index >= 15 is 0 Å². The standard InChI is InChI=1S/C15H21NO2/c1-2-18-15(17)14-5-3-12(4-6-14)11-13-7-9-16-10-8-13/h3-6,13,16H,2,7-11H2,1H3. The molecule has 98 valence electrons. The van der Waals surface area contributed by atoms with Gasteiger partial charge in [-0.15, -0.1) is 0 Å². The van der Waals surface area contributed by atoms with Gasteiger partial charge in [-0.05, 0) is 62.9 Å². The summed E-state index contributed by atoms with van der Waals surface area (Å²) in [6.07, 6.45) is 3.62. The van der Waals surface area contributed by atoms with Crippen LogP contribution in [-0.4, -0.2) is 25.7 Å². The lowest BCUT2D eigenvalue weighted by Gasteiger charge is -2.22. The van der Waals surface area contributed by atoms with E-state index in [0.717, 1.165) is 25.4 Å². The summed E-state index contributed by atoms with van der Waals surface area (Å²) in [6.45, 7) is 4.51. The molecule has 0 saturated carbocycles. The molecule has 0 amide bonds. The van der Waals surface area contributed by atoms with Crippen molar-refractivity contribution in [2.75, 3.05) is 19.7 Å². The first kappa shape index (κ1) is 13.1. The molecule has 3 nitrogen and oxygen atoms in total. The first-order valence-electron chi connectivity index (χ1n) is 6.76. The second kappa shape index (κ2) is 6.55. The van der Waals surface area contributed by atoms with Crippen LogP contribution >= 0.6 is 0 Å². The average Bonchev–Trinajstić information content (AvgIpc) is 2.41. The Bertz CT molecular complexity index is 380. The largest absolute Gasteiger partial charge is 0.462 e. The molecule has 1 aromatic carbocycles. The molecule has 0 aliphatic carbocycles. The Morgan fingerprint density at radius 1 is 1.28 bits per heavy atom. The van der Waals surface area contributed by atoms with Crippen LogP contribution in [0.1, 0.15) is 35.7 Å². The maximum Gasteiger partial charge on any atom is 0.338 e. The predicted molar refractivity (Wildman–Crippen MR) is 71.7 cm³/mol. The maximum atomic E-state index is 11.5. The van der Waals surface area contributed by atoms with Crippen LogP contribution in [0.2, 0.25) is 0 Å². The van der Waals surface area contributed by atoms with Crippen LogP contribution in [0.15, 0.2) is 24.3 Å². The zero-order chi connectivity index (χ0) is 12.8. The second-order valence-electron chi connectivity index (χ2n) is 4.81. The molecule has 3 heteroatoms. The monoisotopic (exact) mass is 247 g/mol. The van der Waals surface area contributed by atoms with Crippen LogP contribution in [0.4, 0.5) is 0 Å². The van der Waals surface area contributed by atoms with Gasteiger partial charge in [0.25, 0.3) is 0 Å². The zero-order valence-corrected chi connectivity index (χ0v) is 10.9. The fourth-order valence-corrected chi connectivity index (χ4v) is 2.41. The summed E-state index contributed by atoms with van der Waals surface area (Å²) >= 11 is 0. The second-order valence-corrected chi connectivity index (χ2v) is 4.81. The number of nitrogens with one attached hydrogen (secondary N) is 1. The van der Waals surface area contributed by atoms with Gasteiger partial charge >= 0.3 is 5.97 Å². The van der Waals surface area contributed by atoms with Crippen LogP contribution in [0.3, 0.4) is 0 Å². The lowest BCUT2D eigenvalue weighted by Crippen LogP contribution is -2.28. The summed E-state index contributed by atoms with van der Waals surface area (Å²) in [5.41, 5.74) is 1.96. The summed E-state index contributed by atoms with van der Waals surface area (Å²) in [6, 6.07) is 7.84. The van der Waals surface area contributed by atoms with Gasteiger partial charge in [0.15, 0.2) is 0 Å². The summed E-state index contributed by atoms with van der Waals surface area (Å²) in [5.74, 6) is 0.547. The van der Waals surface area contributed by atoms with Crippen molar-refractivity contribution < 1.29 is 9.53 Å². The molecule has 0 unspecified atom stereocenters. The quantitative estimate of drug-likeness (QED) is 0.830. The molecule has 1 aliphatic heterocycles. The van der Waals surface area contributed by atoms with Crippen molar-refractivity contribution in [1.82, 2.24) is 5.32 Å². The Hall–Kier alpha value is -1.35. The molecule has 0 bridgehead atoms. The topological polar surface area (TPSA) is 38.3 Å². The van der Waals surface area contributed by atoms with Crippen LogP contribution in [0, 0.1) is 5.92 Å². The number of esters is 1. The van der Waals surface area contributed by atoms with Crippen molar-refractivity contribution in [1.29, 1.82) is 0 Å². The third-order valence-corrected chi connectivity index (χ3v) is 3.45. The lowest BCUT2D eigenvalue weighted by molar-refractivity contribution is 0.0526. The molecule has 2 rings (SSSR count). The van der Waals surface area contributed by atoms with E-state index in [4.69, 9.17) is 4.74 Å². The van der Waals surface area contributed by atoms with Gasteiger partial charge in [-0.2, -0.15) is 0 Å². The van der Waals surface area contributed by atoms with E-state index in [-0.39, 0.29) is 5.97 Å². The highest BCUT2D eigenvalue weighted by Gasteiger charge is 2.13. The first-order valence-corrected chi connectivity index (χ1v) is 6.76. The van der Waals surface area contributed by atoms with E-state index < -0.39 is 0 Å². The number of ether oxygens (including phenoxy) is 1. The van der Waals surface area contributed by atoms with Crippen LogP contribution in [0.5, 0.6) is 0 Å². The van der Waals surface area contributed by atoms with Gasteiger partial charge in [-0.25, -0.2) is 4.79 Å². The van der Waals surface area contributed by atoms with Gasteiger partial charge in [0.1, 0.15) is 0 Å². The normalized spacial score (nSPS) is 16.5. The molecule has 1 aromatic rings. The highest BCUT2D eigenvalue weighted by atomic mass is 16.5. The molecule has 1 fully saturated rings. The average molecular weight is 247 g/mol. The van der Waals surface area contributed by atoms with Gasteiger partial charge < -0.3 is 10.1 Å². The molecule has 0 spiro atoms. The number of carbonyl (C=O) groups excluding carboxylic acids is 1. The van der Waals surface area contributed by atoms with Crippen LogP contribution < -0.4 is 5.32 Å². The Morgan fingerprint density at radius 3 is 2.56 bits per heavy atom. The van der Waals surface area contributed by atoms with E-state index in [0.29, 0.717) is 12.2 Å². The number of rotatable bonds is 4.